The molecule has 0 aliphatic carbocycles. The quantitative estimate of drug-likeness (QED) is 0.173. The SMILES string of the molecule is NC(=S)c1ccncc1.NC(=S)c1ccncc1.NC(=S)c1ccncc1.NC(=S)c1ccncc1.O.[Co+2].[N-]=C=S.[N-]=C=S. The topological polar surface area (TPSA) is 232 Å². The van der Waals surface area contributed by atoms with Crippen LogP contribution in [-0.2, 0) is 16.8 Å². The summed E-state index contributed by atoms with van der Waals surface area (Å²) in [5, 5.41) is 16.9. The van der Waals surface area contributed by atoms with Crippen molar-refractivity contribution in [3.63, 3.8) is 0 Å². The van der Waals surface area contributed by atoms with Crippen molar-refractivity contribution in [1.29, 1.82) is 0 Å². The fraction of sp³-hybridized carbons (Fsp3) is 0. The van der Waals surface area contributed by atoms with Crippen molar-refractivity contribution in [2.24, 2.45) is 22.9 Å². The van der Waals surface area contributed by atoms with Gasteiger partial charge in [-0.05, 0) is 48.5 Å². The van der Waals surface area contributed by atoms with Gasteiger partial charge in [0.15, 0.2) is 0 Å². The van der Waals surface area contributed by atoms with Crippen LogP contribution in [0.5, 0.6) is 0 Å². The average molecular weight is 746 g/mol. The van der Waals surface area contributed by atoms with Gasteiger partial charge < -0.3 is 39.2 Å². The van der Waals surface area contributed by atoms with E-state index >= 15 is 0 Å². The van der Waals surface area contributed by atoms with Crippen LogP contribution < -0.4 is 22.9 Å². The van der Waals surface area contributed by atoms with Gasteiger partial charge in [-0.3, -0.25) is 19.9 Å². The van der Waals surface area contributed by atoms with E-state index in [9.17, 15) is 0 Å². The summed E-state index contributed by atoms with van der Waals surface area (Å²) in [6.07, 6.45) is 13.3. The smallest absolute Gasteiger partial charge is 0.753 e. The maximum absolute atomic E-state index is 7.13. The molecule has 0 saturated carbocycles. The van der Waals surface area contributed by atoms with Crippen LogP contribution in [0.3, 0.4) is 0 Å². The molecule has 0 saturated heterocycles. The van der Waals surface area contributed by atoms with E-state index in [2.05, 4.69) is 44.4 Å². The average Bonchev–Trinajstić information content (AvgIpc) is 3.01. The predicted octanol–water partition coefficient (Wildman–Crippen LogP) is 3.35. The van der Waals surface area contributed by atoms with Gasteiger partial charge in [0.2, 0.25) is 0 Å². The first kappa shape index (κ1) is 47.2. The van der Waals surface area contributed by atoms with E-state index in [1.54, 1.807) is 98.1 Å². The van der Waals surface area contributed by atoms with Gasteiger partial charge in [-0.25, -0.2) is 0 Å². The third kappa shape index (κ3) is 27.1. The summed E-state index contributed by atoms with van der Waals surface area (Å²) in [5.41, 5.74) is 24.7. The molecule has 0 aromatic carbocycles. The number of pyridine rings is 4. The third-order valence-corrected chi connectivity index (χ3v) is 4.80. The van der Waals surface area contributed by atoms with Gasteiger partial charge in [-0.1, -0.05) is 73.3 Å². The second-order valence-electron chi connectivity index (χ2n) is 6.58. The number of hydrogen-bond acceptors (Lipinski definition) is 10. The minimum atomic E-state index is 0. The second kappa shape index (κ2) is 32.1. The predicted molar refractivity (Wildman–Crippen MR) is 196 cm³/mol. The Balaban J connectivity index is -0.000000225. The van der Waals surface area contributed by atoms with Crippen LogP contribution >= 0.6 is 73.3 Å². The van der Waals surface area contributed by atoms with Crippen LogP contribution in [0.1, 0.15) is 22.3 Å². The van der Waals surface area contributed by atoms with Crippen molar-refractivity contribution in [2.45, 2.75) is 0 Å². The van der Waals surface area contributed by atoms with Crippen LogP contribution in [-0.4, -0.2) is 55.7 Å². The van der Waals surface area contributed by atoms with Gasteiger partial charge in [0, 0.05) is 71.8 Å². The molecule has 4 aromatic rings. The monoisotopic (exact) mass is 745 g/mol. The van der Waals surface area contributed by atoms with Crippen LogP contribution in [0, 0.1) is 0 Å². The molecule has 0 fully saturated rings. The molecule has 10 N–H and O–H groups in total. The van der Waals surface area contributed by atoms with E-state index in [1.807, 2.05) is 0 Å². The van der Waals surface area contributed by atoms with Crippen LogP contribution in [0.4, 0.5) is 0 Å². The van der Waals surface area contributed by atoms with E-state index in [-0.39, 0.29) is 22.3 Å². The van der Waals surface area contributed by atoms with E-state index in [0.29, 0.717) is 20.0 Å². The number of isothiocyanates is 2. The first-order chi connectivity index (χ1) is 20.0. The minimum Gasteiger partial charge on any atom is -0.753 e. The van der Waals surface area contributed by atoms with Crippen molar-refractivity contribution in [3.8, 4) is 0 Å². The van der Waals surface area contributed by atoms with Crippen molar-refractivity contribution < 1.29 is 22.3 Å². The number of rotatable bonds is 4. The molecule has 0 aliphatic heterocycles. The molecule has 0 amide bonds. The van der Waals surface area contributed by atoms with Crippen molar-refractivity contribution >= 4 is 104 Å². The summed E-state index contributed by atoms with van der Waals surface area (Å²) in [6, 6.07) is 14.2. The zero-order chi connectivity index (χ0) is 32.2. The molecule has 1 radical (unpaired) electrons. The molecule has 0 spiro atoms. The summed E-state index contributed by atoms with van der Waals surface area (Å²) < 4.78 is 0. The van der Waals surface area contributed by atoms with Crippen LogP contribution in [0.25, 0.3) is 10.8 Å². The molecule has 0 unspecified atom stereocenters. The Kier molecular flexibility index (Phi) is 34.5. The van der Waals surface area contributed by atoms with E-state index in [4.69, 9.17) is 82.6 Å². The van der Waals surface area contributed by atoms with Crippen LogP contribution in [0.15, 0.2) is 98.1 Å². The van der Waals surface area contributed by atoms with E-state index < -0.39 is 0 Å². The van der Waals surface area contributed by atoms with Gasteiger partial charge in [-0.15, -0.1) is 0 Å². The molecule has 44 heavy (non-hydrogen) atoms. The zero-order valence-corrected chi connectivity index (χ0v) is 28.5. The molecule has 4 rings (SSSR count). The maximum Gasteiger partial charge on any atom is 2.00 e. The Labute approximate surface area is 297 Å². The van der Waals surface area contributed by atoms with Gasteiger partial charge in [0.1, 0.15) is 20.0 Å². The van der Waals surface area contributed by atoms with Crippen molar-refractivity contribution in [3.05, 3.63) is 131 Å². The summed E-state index contributed by atoms with van der Waals surface area (Å²) in [7, 11) is 0. The summed E-state index contributed by atoms with van der Waals surface area (Å²) in [5.74, 6) is 0. The molecule has 231 valence electrons. The third-order valence-electron chi connectivity index (χ3n) is 3.86. The van der Waals surface area contributed by atoms with Gasteiger partial charge in [0.25, 0.3) is 0 Å². The molecule has 4 heterocycles. The molecular weight excluding hydrogens is 720 g/mol. The molecule has 0 atom stereocenters. The largest absolute Gasteiger partial charge is 2.00 e. The Morgan fingerprint density at radius 1 is 0.455 bits per heavy atom. The fourth-order valence-corrected chi connectivity index (χ4v) is 2.61. The van der Waals surface area contributed by atoms with Gasteiger partial charge in [0.05, 0.1) is 0 Å². The summed E-state index contributed by atoms with van der Waals surface area (Å²) in [4.78, 5) is 16.9. The number of nitrogens with zero attached hydrogens (tertiary/aromatic N) is 6. The fourth-order valence-electron chi connectivity index (χ4n) is 2.06. The number of hydrogen-bond donors (Lipinski definition) is 4. The van der Waals surface area contributed by atoms with Crippen molar-refractivity contribution in [2.75, 3.05) is 0 Å². The number of thiocarbonyl (C=S) groups is 6. The van der Waals surface area contributed by atoms with Crippen molar-refractivity contribution in [1.82, 2.24) is 19.9 Å². The first-order valence-corrected chi connectivity index (χ1v) is 13.3. The Morgan fingerprint density at radius 3 is 0.636 bits per heavy atom. The second-order valence-corrected chi connectivity index (χ2v) is 8.71. The summed E-state index contributed by atoms with van der Waals surface area (Å²) in [6.45, 7) is 0. The Hall–Kier alpha value is -3.77. The standard InChI is InChI=1S/4C6H6N2S.2CNS.Co.H2O/c4*7-6(9)5-1-3-8-4-2-5;2*2-1-3;;/h4*1-4H,(H2,7,9);;;;1H2/q;;;;2*-1;+2;. The minimum absolute atomic E-state index is 0. The van der Waals surface area contributed by atoms with E-state index in [0.717, 1.165) is 22.3 Å². The maximum atomic E-state index is 7.13. The molecule has 4 aromatic heterocycles. The number of nitrogens with two attached hydrogens (primary N) is 4. The first-order valence-electron chi connectivity index (χ1n) is 10.9. The molecule has 11 nitrogen and oxygen atoms in total. The molecular formula is C26H26CoN10OS6. The number of aromatic nitrogens is 4. The van der Waals surface area contributed by atoms with E-state index in [1.165, 1.54) is 10.3 Å². The molecule has 0 bridgehead atoms. The van der Waals surface area contributed by atoms with Crippen LogP contribution in [0.2, 0.25) is 0 Å². The molecule has 0 aliphatic rings. The zero-order valence-electron chi connectivity index (χ0n) is 22.5. The van der Waals surface area contributed by atoms with Gasteiger partial charge >= 0.3 is 16.8 Å². The summed E-state index contributed by atoms with van der Waals surface area (Å²) >= 11 is 26.2. The Bertz CT molecular complexity index is 1220. The molecule has 18 heteroatoms. The normalized spacial score (nSPS) is 7.64. The van der Waals surface area contributed by atoms with Gasteiger partial charge in [-0.2, -0.15) is 10.3 Å². The Morgan fingerprint density at radius 2 is 0.568 bits per heavy atom.